The lowest BCUT2D eigenvalue weighted by atomic mass is 9.95. The molecular weight excluding hydrogens is 547 g/mol. The quantitative estimate of drug-likeness (QED) is 0.170. The standard InChI is InChI=1S/C28H24Cl2N2O7/c1-4-39-28(36)17-7-5-15(6-8-17)14-32-22(16-9-11-31-12-10-16)20(24(34)27(32)35)23(33)18-13-19(29)26(38-3)21(30)25(18)37-2/h5-13,22,33H,4,14H2,1-3H3/b23-20+. The maximum Gasteiger partial charge on any atom is 0.338 e. The van der Waals surface area contributed by atoms with Crippen LogP contribution in [0.2, 0.25) is 10.0 Å². The molecule has 2 aromatic carbocycles. The number of nitrogens with zero attached hydrogens (tertiary/aromatic N) is 2. The van der Waals surface area contributed by atoms with Gasteiger partial charge in [0.05, 0.1) is 48.6 Å². The Kier molecular flexibility index (Phi) is 8.42. The second-order valence-corrected chi connectivity index (χ2v) is 9.20. The molecule has 2 heterocycles. The Morgan fingerprint density at radius 1 is 1.03 bits per heavy atom. The summed E-state index contributed by atoms with van der Waals surface area (Å²) in [6.45, 7) is 1.97. The third-order valence-corrected chi connectivity index (χ3v) is 6.80. The summed E-state index contributed by atoms with van der Waals surface area (Å²) in [6, 6.07) is 10.2. The van der Waals surface area contributed by atoms with E-state index < -0.39 is 29.5 Å². The van der Waals surface area contributed by atoms with E-state index >= 15 is 0 Å². The van der Waals surface area contributed by atoms with Crippen molar-refractivity contribution in [3.8, 4) is 11.5 Å². The molecule has 0 spiro atoms. The summed E-state index contributed by atoms with van der Waals surface area (Å²) in [4.78, 5) is 44.1. The monoisotopic (exact) mass is 570 g/mol. The largest absolute Gasteiger partial charge is 0.507 e. The lowest BCUT2D eigenvalue weighted by Crippen LogP contribution is -2.29. The first-order valence-electron chi connectivity index (χ1n) is 11.8. The molecule has 1 N–H and O–H groups in total. The fourth-order valence-corrected chi connectivity index (χ4v) is 5.07. The molecule has 0 aliphatic carbocycles. The number of benzene rings is 2. The van der Waals surface area contributed by atoms with Crippen LogP contribution < -0.4 is 9.47 Å². The van der Waals surface area contributed by atoms with Gasteiger partial charge in [-0.15, -0.1) is 0 Å². The van der Waals surface area contributed by atoms with Crippen molar-refractivity contribution in [3.63, 3.8) is 0 Å². The van der Waals surface area contributed by atoms with Crippen molar-refractivity contribution in [1.82, 2.24) is 9.88 Å². The molecule has 0 bridgehead atoms. The van der Waals surface area contributed by atoms with Gasteiger partial charge in [0, 0.05) is 18.9 Å². The van der Waals surface area contributed by atoms with Crippen molar-refractivity contribution in [3.05, 3.63) is 92.7 Å². The number of ketones is 1. The van der Waals surface area contributed by atoms with Gasteiger partial charge in [-0.1, -0.05) is 35.3 Å². The molecule has 1 atom stereocenters. The van der Waals surface area contributed by atoms with Crippen molar-refractivity contribution >= 4 is 46.6 Å². The van der Waals surface area contributed by atoms with Crippen molar-refractivity contribution in [2.24, 2.45) is 0 Å². The van der Waals surface area contributed by atoms with E-state index in [0.717, 1.165) is 0 Å². The van der Waals surface area contributed by atoms with Gasteiger partial charge in [0.15, 0.2) is 11.5 Å². The summed E-state index contributed by atoms with van der Waals surface area (Å²) in [5.74, 6) is -2.56. The van der Waals surface area contributed by atoms with E-state index in [1.54, 1.807) is 43.3 Å². The predicted molar refractivity (Wildman–Crippen MR) is 144 cm³/mol. The normalized spacial score (nSPS) is 16.3. The fraction of sp³-hybridized carbons (Fsp3) is 0.214. The van der Waals surface area contributed by atoms with E-state index in [1.165, 1.54) is 37.6 Å². The zero-order valence-electron chi connectivity index (χ0n) is 21.2. The Morgan fingerprint density at radius 3 is 2.26 bits per heavy atom. The predicted octanol–water partition coefficient (Wildman–Crippen LogP) is 5.20. The molecule has 1 unspecified atom stereocenters. The number of carbonyl (C=O) groups excluding carboxylic acids is 3. The Bertz CT molecular complexity index is 1460. The number of halogens is 2. The Labute approximate surface area is 234 Å². The highest BCUT2D eigenvalue weighted by Gasteiger charge is 2.46. The molecule has 1 fully saturated rings. The average Bonchev–Trinajstić information content (AvgIpc) is 3.18. The zero-order valence-corrected chi connectivity index (χ0v) is 22.7. The molecule has 3 aromatic rings. The van der Waals surface area contributed by atoms with Crippen LogP contribution in [0.4, 0.5) is 0 Å². The van der Waals surface area contributed by atoms with Crippen molar-refractivity contribution in [2.45, 2.75) is 19.5 Å². The van der Waals surface area contributed by atoms with E-state index in [9.17, 15) is 19.5 Å². The van der Waals surface area contributed by atoms with Crippen LogP contribution in [0.25, 0.3) is 5.76 Å². The summed E-state index contributed by atoms with van der Waals surface area (Å²) in [6.07, 6.45) is 3.04. The van der Waals surface area contributed by atoms with Crippen LogP contribution in [0.3, 0.4) is 0 Å². The minimum Gasteiger partial charge on any atom is -0.507 e. The molecule has 11 heteroatoms. The number of carbonyl (C=O) groups is 3. The maximum absolute atomic E-state index is 13.4. The Morgan fingerprint density at radius 2 is 1.67 bits per heavy atom. The number of methoxy groups -OCH3 is 2. The summed E-state index contributed by atoms with van der Waals surface area (Å²) >= 11 is 12.7. The third-order valence-electron chi connectivity index (χ3n) is 6.17. The Balaban J connectivity index is 1.83. The molecule has 1 aromatic heterocycles. The Hall–Kier alpha value is -4.08. The molecular formula is C28H24Cl2N2O7. The number of pyridine rings is 1. The van der Waals surface area contributed by atoms with E-state index in [4.69, 9.17) is 37.4 Å². The second-order valence-electron chi connectivity index (χ2n) is 8.41. The van der Waals surface area contributed by atoms with Gasteiger partial charge in [-0.2, -0.15) is 0 Å². The number of ether oxygens (including phenoxy) is 3. The SMILES string of the molecule is CCOC(=O)c1ccc(CN2C(=O)C(=O)/C(=C(/O)c3cc(Cl)c(OC)c(Cl)c3OC)C2c2ccncc2)cc1. The number of rotatable bonds is 8. The van der Waals surface area contributed by atoms with Crippen LogP contribution in [0.15, 0.2) is 60.4 Å². The summed E-state index contributed by atoms with van der Waals surface area (Å²) in [7, 11) is 2.71. The number of hydrogen-bond acceptors (Lipinski definition) is 8. The van der Waals surface area contributed by atoms with Crippen LogP contribution >= 0.6 is 23.2 Å². The highest BCUT2D eigenvalue weighted by molar-refractivity contribution is 6.47. The lowest BCUT2D eigenvalue weighted by Gasteiger charge is -2.25. The summed E-state index contributed by atoms with van der Waals surface area (Å²) in [5.41, 5.74) is 1.39. The maximum atomic E-state index is 13.4. The number of aliphatic hydroxyl groups is 1. The van der Waals surface area contributed by atoms with Gasteiger partial charge in [0.2, 0.25) is 0 Å². The molecule has 202 valence electrons. The van der Waals surface area contributed by atoms with Crippen LogP contribution in [0.5, 0.6) is 11.5 Å². The van der Waals surface area contributed by atoms with E-state index in [2.05, 4.69) is 4.98 Å². The summed E-state index contributed by atoms with van der Waals surface area (Å²) in [5, 5.41) is 11.5. The highest BCUT2D eigenvalue weighted by Crippen LogP contribution is 2.47. The van der Waals surface area contributed by atoms with Gasteiger partial charge in [0.25, 0.3) is 11.7 Å². The van der Waals surface area contributed by atoms with Gasteiger partial charge in [-0.25, -0.2) is 4.79 Å². The number of aromatic nitrogens is 1. The number of likely N-dealkylation sites (tertiary alicyclic amines) is 1. The average molecular weight is 571 g/mol. The van der Waals surface area contributed by atoms with Gasteiger partial charge < -0.3 is 24.2 Å². The first-order valence-corrected chi connectivity index (χ1v) is 12.5. The van der Waals surface area contributed by atoms with E-state index in [0.29, 0.717) is 16.7 Å². The van der Waals surface area contributed by atoms with Crippen molar-refractivity contribution in [1.29, 1.82) is 0 Å². The van der Waals surface area contributed by atoms with Crippen LogP contribution in [-0.4, -0.2) is 53.5 Å². The number of Topliss-reactive ketones (excluding diaryl/α,β-unsaturated/α-hetero) is 1. The van der Waals surface area contributed by atoms with Gasteiger partial charge in [-0.3, -0.25) is 14.6 Å². The third kappa shape index (κ3) is 5.28. The molecule has 0 saturated carbocycles. The molecule has 9 nitrogen and oxygen atoms in total. The van der Waals surface area contributed by atoms with Crippen molar-refractivity contribution in [2.75, 3.05) is 20.8 Å². The molecule has 0 radical (unpaired) electrons. The molecule has 1 aliphatic heterocycles. The van der Waals surface area contributed by atoms with Crippen LogP contribution in [0.1, 0.15) is 40.0 Å². The fourth-order valence-electron chi connectivity index (χ4n) is 4.38. The molecule has 39 heavy (non-hydrogen) atoms. The van der Waals surface area contributed by atoms with E-state index in [1.807, 2.05) is 0 Å². The van der Waals surface area contributed by atoms with Gasteiger partial charge >= 0.3 is 5.97 Å². The topological polar surface area (TPSA) is 115 Å². The number of amides is 1. The first kappa shape index (κ1) is 27.9. The van der Waals surface area contributed by atoms with Gasteiger partial charge in [-0.05, 0) is 48.4 Å². The number of esters is 1. The van der Waals surface area contributed by atoms with Gasteiger partial charge in [0.1, 0.15) is 10.8 Å². The zero-order chi connectivity index (χ0) is 28.3. The molecule has 1 aliphatic rings. The number of aliphatic hydroxyl groups excluding tert-OH is 1. The van der Waals surface area contributed by atoms with Crippen molar-refractivity contribution < 1.29 is 33.7 Å². The minimum atomic E-state index is -0.970. The highest BCUT2D eigenvalue weighted by atomic mass is 35.5. The molecule has 4 rings (SSSR count). The van der Waals surface area contributed by atoms with E-state index in [-0.39, 0.29) is 45.8 Å². The summed E-state index contributed by atoms with van der Waals surface area (Å²) < 4.78 is 15.6. The number of hydrogen-bond donors (Lipinski definition) is 1. The first-order chi connectivity index (χ1) is 18.7. The minimum absolute atomic E-state index is 0.00886. The van der Waals surface area contributed by atoms with Crippen LogP contribution in [0, 0.1) is 0 Å². The lowest BCUT2D eigenvalue weighted by molar-refractivity contribution is -0.140. The second kappa shape index (κ2) is 11.8. The smallest absolute Gasteiger partial charge is 0.338 e. The molecule has 1 amide bonds. The van der Waals surface area contributed by atoms with Crippen LogP contribution in [-0.2, 0) is 20.9 Å². The molecule has 1 saturated heterocycles.